The maximum absolute atomic E-state index is 12.5. The summed E-state index contributed by atoms with van der Waals surface area (Å²) < 4.78 is 5.97. The highest BCUT2D eigenvalue weighted by Crippen LogP contribution is 2.37. The highest BCUT2D eigenvalue weighted by Gasteiger charge is 2.32. The average Bonchev–Trinajstić information content (AvgIpc) is 3.05. The van der Waals surface area contributed by atoms with E-state index in [2.05, 4.69) is 20.4 Å². The molecular formula is C20H26N4O2. The van der Waals surface area contributed by atoms with Gasteiger partial charge in [0.1, 0.15) is 0 Å². The molecule has 1 aliphatic carbocycles. The number of nitrogens with one attached hydrogen (secondary N) is 1. The second-order valence-corrected chi connectivity index (χ2v) is 7.50. The molecule has 2 aromatic rings. The van der Waals surface area contributed by atoms with Crippen molar-refractivity contribution >= 4 is 11.6 Å². The summed E-state index contributed by atoms with van der Waals surface area (Å²) in [4.78, 5) is 14.7. The molecule has 26 heavy (non-hydrogen) atoms. The predicted octanol–water partition coefficient (Wildman–Crippen LogP) is 3.81. The predicted molar refractivity (Wildman–Crippen MR) is 98.9 cm³/mol. The van der Waals surface area contributed by atoms with E-state index in [-0.39, 0.29) is 11.9 Å². The standard InChI is InChI=1S/C20H26N4O2/c1-14-8-10-16(11-9-14)21-18(25)13-24-12-3-2-7-17(24)20-23-22-19(26-20)15-5-4-6-15/h8-11,15,17H,2-7,12-13H2,1H3,(H,21,25). The first kappa shape index (κ1) is 17.2. The minimum Gasteiger partial charge on any atom is -0.423 e. The Balaban J connectivity index is 1.41. The van der Waals surface area contributed by atoms with Gasteiger partial charge < -0.3 is 9.73 Å². The largest absolute Gasteiger partial charge is 0.423 e. The van der Waals surface area contributed by atoms with Gasteiger partial charge in [0.05, 0.1) is 12.6 Å². The van der Waals surface area contributed by atoms with Crippen molar-refractivity contribution in [2.24, 2.45) is 0 Å². The number of aromatic nitrogens is 2. The molecule has 1 saturated heterocycles. The zero-order chi connectivity index (χ0) is 17.9. The number of anilines is 1. The van der Waals surface area contributed by atoms with Crippen molar-refractivity contribution < 1.29 is 9.21 Å². The highest BCUT2D eigenvalue weighted by molar-refractivity contribution is 5.92. The molecule has 6 heteroatoms. The molecule has 6 nitrogen and oxygen atoms in total. The molecule has 0 radical (unpaired) electrons. The highest BCUT2D eigenvalue weighted by atomic mass is 16.4. The fraction of sp³-hybridized carbons (Fsp3) is 0.550. The van der Waals surface area contributed by atoms with Crippen LogP contribution in [0.2, 0.25) is 0 Å². The van der Waals surface area contributed by atoms with E-state index >= 15 is 0 Å². The number of hydrogen-bond acceptors (Lipinski definition) is 5. The third-order valence-corrected chi connectivity index (χ3v) is 5.49. The lowest BCUT2D eigenvalue weighted by atomic mass is 9.85. The number of piperidine rings is 1. The van der Waals surface area contributed by atoms with E-state index in [1.807, 2.05) is 31.2 Å². The number of likely N-dealkylation sites (tertiary alicyclic amines) is 1. The van der Waals surface area contributed by atoms with Crippen LogP contribution in [-0.4, -0.2) is 34.1 Å². The van der Waals surface area contributed by atoms with Crippen molar-refractivity contribution in [3.8, 4) is 0 Å². The van der Waals surface area contributed by atoms with Gasteiger partial charge in [-0.3, -0.25) is 9.69 Å². The lowest BCUT2D eigenvalue weighted by molar-refractivity contribution is -0.118. The fourth-order valence-corrected chi connectivity index (χ4v) is 3.68. The molecule has 1 N–H and O–H groups in total. The molecule has 1 aliphatic heterocycles. The van der Waals surface area contributed by atoms with Gasteiger partial charge in [-0.15, -0.1) is 10.2 Å². The number of benzene rings is 1. The Hall–Kier alpha value is -2.21. The summed E-state index contributed by atoms with van der Waals surface area (Å²) in [5.41, 5.74) is 2.01. The normalized spacial score (nSPS) is 21.3. The molecule has 1 unspecified atom stereocenters. The first-order valence-corrected chi connectivity index (χ1v) is 9.63. The molecule has 0 spiro atoms. The summed E-state index contributed by atoms with van der Waals surface area (Å²) in [5.74, 6) is 1.90. The topological polar surface area (TPSA) is 71.3 Å². The Labute approximate surface area is 154 Å². The van der Waals surface area contributed by atoms with Crippen LogP contribution in [0.5, 0.6) is 0 Å². The number of hydrogen-bond donors (Lipinski definition) is 1. The van der Waals surface area contributed by atoms with Gasteiger partial charge in [0.15, 0.2) is 0 Å². The second-order valence-electron chi connectivity index (χ2n) is 7.50. The minimum absolute atomic E-state index is 0.000477. The summed E-state index contributed by atoms with van der Waals surface area (Å²) in [6.45, 7) is 3.26. The van der Waals surface area contributed by atoms with Crippen LogP contribution in [0.3, 0.4) is 0 Å². The summed E-state index contributed by atoms with van der Waals surface area (Å²) >= 11 is 0. The molecule has 1 aromatic carbocycles. The van der Waals surface area contributed by atoms with E-state index in [1.165, 1.54) is 12.0 Å². The van der Waals surface area contributed by atoms with E-state index in [0.29, 0.717) is 18.4 Å². The first-order chi connectivity index (χ1) is 12.7. The number of nitrogens with zero attached hydrogens (tertiary/aromatic N) is 3. The molecule has 2 fully saturated rings. The van der Waals surface area contributed by atoms with Crippen LogP contribution in [0.1, 0.15) is 67.8 Å². The maximum Gasteiger partial charge on any atom is 0.238 e. The van der Waals surface area contributed by atoms with E-state index in [0.717, 1.165) is 50.2 Å². The smallest absolute Gasteiger partial charge is 0.238 e. The first-order valence-electron chi connectivity index (χ1n) is 9.63. The Morgan fingerprint density at radius 1 is 1.12 bits per heavy atom. The van der Waals surface area contributed by atoms with Crippen LogP contribution in [-0.2, 0) is 4.79 Å². The zero-order valence-corrected chi connectivity index (χ0v) is 15.3. The second kappa shape index (κ2) is 7.58. The van der Waals surface area contributed by atoms with E-state index in [9.17, 15) is 4.79 Å². The number of amides is 1. The molecule has 1 atom stereocenters. The van der Waals surface area contributed by atoms with E-state index in [1.54, 1.807) is 0 Å². The van der Waals surface area contributed by atoms with Gasteiger partial charge in [0.25, 0.3) is 0 Å². The quantitative estimate of drug-likeness (QED) is 0.884. The number of rotatable bonds is 5. The number of carbonyl (C=O) groups excluding carboxylic acids is 1. The van der Waals surface area contributed by atoms with Gasteiger partial charge in [-0.25, -0.2) is 0 Å². The molecule has 1 aromatic heterocycles. The third-order valence-electron chi connectivity index (χ3n) is 5.49. The third kappa shape index (κ3) is 3.80. The van der Waals surface area contributed by atoms with E-state index < -0.39 is 0 Å². The molecule has 4 rings (SSSR count). The van der Waals surface area contributed by atoms with Crippen molar-refractivity contribution in [2.75, 3.05) is 18.4 Å². The number of carbonyl (C=O) groups is 1. The van der Waals surface area contributed by atoms with Crippen LogP contribution in [0.15, 0.2) is 28.7 Å². The average molecular weight is 354 g/mol. The van der Waals surface area contributed by atoms with E-state index in [4.69, 9.17) is 4.42 Å². The fourth-order valence-electron chi connectivity index (χ4n) is 3.68. The van der Waals surface area contributed by atoms with Crippen LogP contribution in [0, 0.1) is 6.92 Å². The van der Waals surface area contributed by atoms with Crippen molar-refractivity contribution in [3.63, 3.8) is 0 Å². The molecule has 1 saturated carbocycles. The zero-order valence-electron chi connectivity index (χ0n) is 15.3. The van der Waals surface area contributed by atoms with Crippen molar-refractivity contribution in [2.45, 2.75) is 57.4 Å². The van der Waals surface area contributed by atoms with Crippen molar-refractivity contribution in [1.82, 2.24) is 15.1 Å². The van der Waals surface area contributed by atoms with Gasteiger partial charge in [0, 0.05) is 11.6 Å². The van der Waals surface area contributed by atoms with Crippen LogP contribution < -0.4 is 5.32 Å². The lowest BCUT2D eigenvalue weighted by Gasteiger charge is -2.32. The monoisotopic (exact) mass is 354 g/mol. The molecule has 0 bridgehead atoms. The van der Waals surface area contributed by atoms with Gasteiger partial charge in [-0.05, 0) is 51.3 Å². The summed E-state index contributed by atoms with van der Waals surface area (Å²) in [5, 5.41) is 11.5. The summed E-state index contributed by atoms with van der Waals surface area (Å²) in [7, 11) is 0. The van der Waals surface area contributed by atoms with Crippen LogP contribution in [0.4, 0.5) is 5.69 Å². The lowest BCUT2D eigenvalue weighted by Crippen LogP contribution is -2.39. The van der Waals surface area contributed by atoms with Crippen LogP contribution in [0.25, 0.3) is 0 Å². The summed E-state index contributed by atoms with van der Waals surface area (Å²) in [6, 6.07) is 7.92. The Kier molecular flexibility index (Phi) is 5.02. The van der Waals surface area contributed by atoms with Gasteiger partial charge in [-0.1, -0.05) is 30.5 Å². The Morgan fingerprint density at radius 3 is 2.62 bits per heavy atom. The SMILES string of the molecule is Cc1ccc(NC(=O)CN2CCCCC2c2nnc(C3CCC3)o2)cc1. The van der Waals surface area contributed by atoms with Crippen LogP contribution >= 0.6 is 0 Å². The minimum atomic E-state index is -0.000477. The molecular weight excluding hydrogens is 328 g/mol. The van der Waals surface area contributed by atoms with Crippen molar-refractivity contribution in [3.05, 3.63) is 41.6 Å². The van der Waals surface area contributed by atoms with Gasteiger partial charge >= 0.3 is 0 Å². The van der Waals surface area contributed by atoms with Gasteiger partial charge in [0.2, 0.25) is 17.7 Å². The maximum atomic E-state index is 12.5. The molecule has 138 valence electrons. The molecule has 1 amide bonds. The molecule has 2 heterocycles. The molecule has 2 aliphatic rings. The van der Waals surface area contributed by atoms with Gasteiger partial charge in [-0.2, -0.15) is 0 Å². The summed E-state index contributed by atoms with van der Waals surface area (Å²) in [6.07, 6.45) is 6.73. The Bertz CT molecular complexity index is 751. The number of aryl methyl sites for hydroxylation is 1. The van der Waals surface area contributed by atoms with Crippen molar-refractivity contribution in [1.29, 1.82) is 0 Å². The Morgan fingerprint density at radius 2 is 1.88 bits per heavy atom.